The van der Waals surface area contributed by atoms with Gasteiger partial charge in [0.15, 0.2) is 0 Å². The third-order valence-electron chi connectivity index (χ3n) is 3.76. The van der Waals surface area contributed by atoms with Gasteiger partial charge in [-0.05, 0) is 37.3 Å². The lowest BCUT2D eigenvalue weighted by atomic mass is 10.1. The van der Waals surface area contributed by atoms with E-state index in [0.29, 0.717) is 11.4 Å². The highest BCUT2D eigenvalue weighted by Gasteiger charge is 2.17. The van der Waals surface area contributed by atoms with E-state index in [-0.39, 0.29) is 37.0 Å². The van der Waals surface area contributed by atoms with Gasteiger partial charge in [0.25, 0.3) is 0 Å². The van der Waals surface area contributed by atoms with Gasteiger partial charge in [-0.3, -0.25) is 9.59 Å². The molecule has 0 aliphatic rings. The summed E-state index contributed by atoms with van der Waals surface area (Å²) in [5.41, 5.74) is 0.963. The van der Waals surface area contributed by atoms with E-state index in [4.69, 9.17) is 4.74 Å². The van der Waals surface area contributed by atoms with Crippen molar-refractivity contribution in [1.82, 2.24) is 0 Å². The highest BCUT2D eigenvalue weighted by molar-refractivity contribution is 6.01. The van der Waals surface area contributed by atoms with Crippen LogP contribution in [0.25, 0.3) is 0 Å². The van der Waals surface area contributed by atoms with Gasteiger partial charge < -0.3 is 15.0 Å². The smallest absolute Gasteiger partial charge is 0.340 e. The van der Waals surface area contributed by atoms with Gasteiger partial charge in [-0.15, -0.1) is 0 Å². The summed E-state index contributed by atoms with van der Waals surface area (Å²) in [5.74, 6) is -1.68. The van der Waals surface area contributed by atoms with Crippen LogP contribution >= 0.6 is 0 Å². The molecule has 0 fully saturated rings. The minimum absolute atomic E-state index is 0.0206. The molecule has 0 unspecified atom stereocenters. The number of ether oxygens (including phenoxy) is 1. The Bertz CT molecular complexity index is 838. The van der Waals surface area contributed by atoms with Crippen molar-refractivity contribution < 1.29 is 23.5 Å². The van der Waals surface area contributed by atoms with Crippen LogP contribution in [0, 0.1) is 5.82 Å². The number of nitrogens with zero attached hydrogens (tertiary/aromatic N) is 1. The topological polar surface area (TPSA) is 75.7 Å². The maximum atomic E-state index is 13.4. The number of hydrogen-bond donors (Lipinski definition) is 1. The van der Waals surface area contributed by atoms with Crippen LogP contribution in [0.5, 0.6) is 0 Å². The Labute approximate surface area is 156 Å². The number of esters is 1. The molecular formula is C20H21FN2O4. The van der Waals surface area contributed by atoms with Crippen molar-refractivity contribution in [2.45, 2.75) is 20.3 Å². The lowest BCUT2D eigenvalue weighted by Gasteiger charge is -2.21. The summed E-state index contributed by atoms with van der Waals surface area (Å²) >= 11 is 0. The average molecular weight is 372 g/mol. The van der Waals surface area contributed by atoms with Gasteiger partial charge in [0, 0.05) is 25.6 Å². The molecule has 0 radical (unpaired) electrons. The lowest BCUT2D eigenvalue weighted by molar-refractivity contribution is -0.117. The summed E-state index contributed by atoms with van der Waals surface area (Å²) < 4.78 is 18.4. The molecule has 1 N–H and O–H groups in total. The van der Waals surface area contributed by atoms with E-state index in [1.54, 1.807) is 37.3 Å². The second-order valence-corrected chi connectivity index (χ2v) is 5.71. The number of carbonyl (C=O) groups excluding carboxylic acids is 3. The van der Waals surface area contributed by atoms with Gasteiger partial charge >= 0.3 is 5.97 Å². The molecule has 0 saturated carbocycles. The average Bonchev–Trinajstić information content (AvgIpc) is 2.62. The van der Waals surface area contributed by atoms with Gasteiger partial charge in [0.05, 0.1) is 17.9 Å². The number of para-hydroxylation sites is 1. The molecule has 2 rings (SSSR count). The Hall–Kier alpha value is -3.22. The Morgan fingerprint density at radius 1 is 1.11 bits per heavy atom. The Balaban J connectivity index is 2.05. The Morgan fingerprint density at radius 3 is 2.52 bits per heavy atom. The molecule has 27 heavy (non-hydrogen) atoms. The first-order chi connectivity index (χ1) is 12.9. The molecule has 0 aliphatic carbocycles. The van der Waals surface area contributed by atoms with E-state index in [2.05, 4.69) is 5.32 Å². The van der Waals surface area contributed by atoms with Gasteiger partial charge in [0.2, 0.25) is 11.8 Å². The summed E-state index contributed by atoms with van der Waals surface area (Å²) in [6.45, 7) is 3.34. The quantitative estimate of drug-likeness (QED) is 0.756. The first kappa shape index (κ1) is 20.1. The molecule has 2 amide bonds. The van der Waals surface area contributed by atoms with Crippen LogP contribution in [0.4, 0.5) is 15.8 Å². The summed E-state index contributed by atoms with van der Waals surface area (Å²) in [7, 11) is 0. The molecule has 0 saturated heterocycles. The fraction of sp³-hybridized carbons (Fsp3) is 0.250. The Kier molecular flexibility index (Phi) is 7.05. The molecule has 0 bridgehead atoms. The summed E-state index contributed by atoms with van der Waals surface area (Å²) in [5, 5.41) is 2.66. The molecule has 2 aromatic carbocycles. The van der Waals surface area contributed by atoms with Crippen molar-refractivity contribution >= 4 is 29.2 Å². The number of halogens is 1. The number of carbonyl (C=O) groups is 3. The van der Waals surface area contributed by atoms with Crippen molar-refractivity contribution in [3.63, 3.8) is 0 Å². The molecule has 2 aromatic rings. The number of hydrogen-bond acceptors (Lipinski definition) is 4. The normalized spacial score (nSPS) is 10.2. The molecule has 142 valence electrons. The zero-order valence-electron chi connectivity index (χ0n) is 15.2. The second-order valence-electron chi connectivity index (χ2n) is 5.71. The van der Waals surface area contributed by atoms with Crippen LogP contribution in [0.2, 0.25) is 0 Å². The van der Waals surface area contributed by atoms with E-state index in [1.807, 2.05) is 0 Å². The Morgan fingerprint density at radius 2 is 1.85 bits per heavy atom. The molecule has 0 atom stereocenters. The van der Waals surface area contributed by atoms with E-state index >= 15 is 0 Å². The standard InChI is InChI=1S/C20H21FN2O4/c1-3-27-20(26)17-9-4-5-10-18(17)22-19(25)11-12-23(14(2)24)16-8-6-7-15(21)13-16/h4-10,13H,3,11-12H2,1-2H3,(H,22,25). The minimum Gasteiger partial charge on any atom is -0.462 e. The van der Waals surface area contributed by atoms with Gasteiger partial charge in [-0.1, -0.05) is 18.2 Å². The van der Waals surface area contributed by atoms with Gasteiger partial charge in [-0.25, -0.2) is 9.18 Å². The minimum atomic E-state index is -0.529. The van der Waals surface area contributed by atoms with Crippen LogP contribution in [0.15, 0.2) is 48.5 Å². The van der Waals surface area contributed by atoms with Crippen LogP contribution in [-0.4, -0.2) is 30.9 Å². The first-order valence-corrected chi connectivity index (χ1v) is 8.52. The first-order valence-electron chi connectivity index (χ1n) is 8.52. The zero-order chi connectivity index (χ0) is 19.8. The van der Waals surface area contributed by atoms with Crippen LogP contribution < -0.4 is 10.2 Å². The molecule has 7 heteroatoms. The number of nitrogens with one attached hydrogen (secondary N) is 1. The fourth-order valence-electron chi connectivity index (χ4n) is 2.52. The molecule has 0 aliphatic heterocycles. The molecule has 6 nitrogen and oxygen atoms in total. The zero-order valence-corrected chi connectivity index (χ0v) is 15.2. The van der Waals surface area contributed by atoms with Crippen molar-refractivity contribution in [1.29, 1.82) is 0 Å². The molecule has 0 spiro atoms. The van der Waals surface area contributed by atoms with Crippen molar-refractivity contribution in [2.24, 2.45) is 0 Å². The number of amides is 2. The van der Waals surface area contributed by atoms with E-state index in [1.165, 1.54) is 30.0 Å². The maximum absolute atomic E-state index is 13.4. The number of rotatable bonds is 7. The predicted octanol–water partition coefficient (Wildman–Crippen LogP) is 3.38. The predicted molar refractivity (Wildman–Crippen MR) is 100 cm³/mol. The van der Waals surface area contributed by atoms with Gasteiger partial charge in [0.1, 0.15) is 5.82 Å². The second kappa shape index (κ2) is 9.47. The number of benzene rings is 2. The monoisotopic (exact) mass is 372 g/mol. The number of anilines is 2. The molecule has 0 heterocycles. The highest BCUT2D eigenvalue weighted by atomic mass is 19.1. The van der Waals surface area contributed by atoms with Crippen LogP contribution in [0.1, 0.15) is 30.6 Å². The summed E-state index contributed by atoms with van der Waals surface area (Å²) in [4.78, 5) is 37.4. The van der Waals surface area contributed by atoms with Crippen molar-refractivity contribution in [3.05, 3.63) is 59.9 Å². The fourth-order valence-corrected chi connectivity index (χ4v) is 2.52. The summed E-state index contributed by atoms with van der Waals surface area (Å²) in [6, 6.07) is 12.1. The third-order valence-corrected chi connectivity index (χ3v) is 3.76. The van der Waals surface area contributed by atoms with Crippen molar-refractivity contribution in [3.8, 4) is 0 Å². The van der Waals surface area contributed by atoms with Crippen LogP contribution in [0.3, 0.4) is 0 Å². The lowest BCUT2D eigenvalue weighted by Crippen LogP contribution is -2.32. The summed E-state index contributed by atoms with van der Waals surface area (Å²) in [6.07, 6.45) is -0.0206. The van der Waals surface area contributed by atoms with Crippen LogP contribution in [-0.2, 0) is 14.3 Å². The SMILES string of the molecule is CCOC(=O)c1ccccc1NC(=O)CCN(C(C)=O)c1cccc(F)c1. The molecular weight excluding hydrogens is 351 g/mol. The van der Waals surface area contributed by atoms with Crippen molar-refractivity contribution in [2.75, 3.05) is 23.4 Å². The van der Waals surface area contributed by atoms with E-state index in [9.17, 15) is 18.8 Å². The van der Waals surface area contributed by atoms with E-state index < -0.39 is 11.8 Å². The largest absolute Gasteiger partial charge is 0.462 e. The third kappa shape index (κ3) is 5.64. The van der Waals surface area contributed by atoms with Gasteiger partial charge in [-0.2, -0.15) is 0 Å². The highest BCUT2D eigenvalue weighted by Crippen LogP contribution is 2.18. The maximum Gasteiger partial charge on any atom is 0.340 e. The molecule has 0 aromatic heterocycles. The van der Waals surface area contributed by atoms with E-state index in [0.717, 1.165) is 0 Å².